The number of hydrogen-bond acceptors (Lipinski definition) is 5. The molecule has 0 saturated carbocycles. The molecule has 0 aromatic carbocycles. The van der Waals surface area contributed by atoms with Crippen LogP contribution in [0.25, 0.3) is 0 Å². The van der Waals surface area contributed by atoms with E-state index in [4.69, 9.17) is 16.7 Å². The Hall–Kier alpha value is -1.11. The summed E-state index contributed by atoms with van der Waals surface area (Å²) >= 11 is 5.97. The highest BCUT2D eigenvalue weighted by Crippen LogP contribution is 2.17. The van der Waals surface area contributed by atoms with E-state index in [1.165, 1.54) is 6.20 Å². The van der Waals surface area contributed by atoms with E-state index in [0.29, 0.717) is 12.2 Å². The van der Waals surface area contributed by atoms with Gasteiger partial charge >= 0.3 is 0 Å². The molecule has 6 nitrogen and oxygen atoms in total. The Morgan fingerprint density at radius 3 is 2.65 bits per heavy atom. The van der Waals surface area contributed by atoms with Crippen LogP contribution in [0, 0.1) is 5.92 Å². The first-order valence-corrected chi connectivity index (χ1v) is 7.21. The molecule has 3 N–H and O–H groups in total. The molecule has 0 aliphatic heterocycles. The van der Waals surface area contributed by atoms with Gasteiger partial charge in [0.25, 0.3) is 5.56 Å². The molecular weight excluding hydrogens is 282 g/mol. The molecule has 0 saturated heterocycles. The molecule has 1 aromatic rings. The van der Waals surface area contributed by atoms with E-state index >= 15 is 0 Å². The number of aliphatic hydroxyl groups excluding tert-OH is 2. The van der Waals surface area contributed by atoms with Gasteiger partial charge in [-0.1, -0.05) is 38.3 Å². The fourth-order valence-electron chi connectivity index (χ4n) is 2.06. The molecule has 1 heterocycles. The molecule has 1 aromatic heterocycles. The van der Waals surface area contributed by atoms with E-state index in [9.17, 15) is 9.90 Å². The van der Waals surface area contributed by atoms with Gasteiger partial charge in [0.15, 0.2) is 0 Å². The van der Waals surface area contributed by atoms with Crippen molar-refractivity contribution in [3.05, 3.63) is 21.6 Å². The molecule has 0 amide bonds. The number of aromatic nitrogens is 2. The first kappa shape index (κ1) is 16.9. The standard InChI is InChI=1S/C13H22ClN3O3/c1-3-9(4-2)11(19)8-15-10-7-16-17(5-6-18)13(20)12(10)14/h7,9,11,15,18-19H,3-6,8H2,1-2H3. The number of rotatable bonds is 8. The normalized spacial score (nSPS) is 12.7. The molecule has 20 heavy (non-hydrogen) atoms. The molecule has 1 atom stereocenters. The minimum Gasteiger partial charge on any atom is -0.394 e. The van der Waals surface area contributed by atoms with Crippen molar-refractivity contribution < 1.29 is 10.2 Å². The molecular formula is C13H22ClN3O3. The second-order valence-electron chi connectivity index (χ2n) is 4.65. The van der Waals surface area contributed by atoms with Gasteiger partial charge in [-0.3, -0.25) is 4.79 Å². The van der Waals surface area contributed by atoms with Crippen molar-refractivity contribution in [2.45, 2.75) is 39.3 Å². The van der Waals surface area contributed by atoms with Crippen molar-refractivity contribution in [1.29, 1.82) is 0 Å². The van der Waals surface area contributed by atoms with Crippen molar-refractivity contribution in [3.63, 3.8) is 0 Å². The predicted molar refractivity (Wildman–Crippen MR) is 79.2 cm³/mol. The lowest BCUT2D eigenvalue weighted by Crippen LogP contribution is -2.30. The zero-order valence-electron chi connectivity index (χ0n) is 11.8. The highest BCUT2D eigenvalue weighted by atomic mass is 35.5. The first-order valence-electron chi connectivity index (χ1n) is 6.83. The second kappa shape index (κ2) is 8.24. The van der Waals surface area contributed by atoms with Crippen LogP contribution in [0.5, 0.6) is 0 Å². The highest BCUT2D eigenvalue weighted by molar-refractivity contribution is 6.32. The third kappa shape index (κ3) is 4.19. The van der Waals surface area contributed by atoms with Gasteiger partial charge in [-0.25, -0.2) is 4.68 Å². The Kier molecular flexibility index (Phi) is 6.98. The van der Waals surface area contributed by atoms with Gasteiger partial charge < -0.3 is 15.5 Å². The smallest absolute Gasteiger partial charge is 0.287 e. The van der Waals surface area contributed by atoms with Gasteiger partial charge in [0, 0.05) is 6.54 Å². The van der Waals surface area contributed by atoms with Gasteiger partial charge in [0.05, 0.1) is 31.1 Å². The van der Waals surface area contributed by atoms with E-state index in [1.54, 1.807) is 0 Å². The zero-order chi connectivity index (χ0) is 15.1. The predicted octanol–water partition coefficient (Wildman–Crippen LogP) is 1.10. The summed E-state index contributed by atoms with van der Waals surface area (Å²) in [4.78, 5) is 11.8. The molecule has 0 bridgehead atoms. The Bertz CT molecular complexity index is 474. The maximum atomic E-state index is 11.8. The van der Waals surface area contributed by atoms with Gasteiger partial charge in [0.2, 0.25) is 0 Å². The molecule has 0 fully saturated rings. The van der Waals surface area contributed by atoms with E-state index in [2.05, 4.69) is 10.4 Å². The number of hydrogen-bond donors (Lipinski definition) is 3. The van der Waals surface area contributed by atoms with Gasteiger partial charge in [0.1, 0.15) is 5.02 Å². The molecule has 0 aliphatic rings. The van der Waals surface area contributed by atoms with E-state index in [-0.39, 0.29) is 24.1 Å². The molecule has 0 aliphatic carbocycles. The van der Waals surface area contributed by atoms with Gasteiger partial charge in [-0.2, -0.15) is 5.10 Å². The summed E-state index contributed by atoms with van der Waals surface area (Å²) in [7, 11) is 0. The van der Waals surface area contributed by atoms with E-state index in [1.807, 2.05) is 13.8 Å². The minimum absolute atomic E-state index is 0.0187. The lowest BCUT2D eigenvalue weighted by Gasteiger charge is -2.21. The number of aliphatic hydroxyl groups is 2. The van der Waals surface area contributed by atoms with Crippen molar-refractivity contribution in [1.82, 2.24) is 9.78 Å². The fourth-order valence-corrected chi connectivity index (χ4v) is 2.27. The van der Waals surface area contributed by atoms with Crippen molar-refractivity contribution >= 4 is 17.3 Å². The average molecular weight is 304 g/mol. The summed E-state index contributed by atoms with van der Waals surface area (Å²) in [5.41, 5.74) is -0.0568. The van der Waals surface area contributed by atoms with Crippen LogP contribution in [0.4, 0.5) is 5.69 Å². The third-order valence-corrected chi connectivity index (χ3v) is 3.76. The summed E-state index contributed by atoms with van der Waals surface area (Å²) in [6.07, 6.45) is 2.72. The van der Waals surface area contributed by atoms with Gasteiger partial charge in [-0.15, -0.1) is 0 Å². The molecule has 0 spiro atoms. The summed E-state index contributed by atoms with van der Waals surface area (Å²) in [6, 6.07) is 0. The Balaban J connectivity index is 2.74. The van der Waals surface area contributed by atoms with E-state index in [0.717, 1.165) is 17.5 Å². The topological polar surface area (TPSA) is 87.4 Å². The fraction of sp³-hybridized carbons (Fsp3) is 0.692. The monoisotopic (exact) mass is 303 g/mol. The molecule has 7 heteroatoms. The zero-order valence-corrected chi connectivity index (χ0v) is 12.6. The lowest BCUT2D eigenvalue weighted by atomic mass is 9.96. The number of nitrogens with zero attached hydrogens (tertiary/aromatic N) is 2. The minimum atomic E-state index is -0.499. The summed E-state index contributed by atoms with van der Waals surface area (Å²) in [5, 5.41) is 25.7. The average Bonchev–Trinajstić information content (AvgIpc) is 2.44. The van der Waals surface area contributed by atoms with Crippen molar-refractivity contribution in [2.24, 2.45) is 5.92 Å². The van der Waals surface area contributed by atoms with Crippen LogP contribution in [0.2, 0.25) is 5.02 Å². The molecule has 1 unspecified atom stereocenters. The summed E-state index contributed by atoms with van der Waals surface area (Å²) in [5.74, 6) is 0.212. The van der Waals surface area contributed by atoms with Crippen molar-refractivity contribution in [2.75, 3.05) is 18.5 Å². The van der Waals surface area contributed by atoms with E-state index < -0.39 is 11.7 Å². The van der Waals surface area contributed by atoms with Crippen LogP contribution >= 0.6 is 11.6 Å². The Morgan fingerprint density at radius 2 is 2.10 bits per heavy atom. The SMILES string of the molecule is CCC(CC)C(O)CNc1cnn(CCO)c(=O)c1Cl. The second-order valence-corrected chi connectivity index (χ2v) is 5.03. The largest absolute Gasteiger partial charge is 0.394 e. The quantitative estimate of drug-likeness (QED) is 0.669. The van der Waals surface area contributed by atoms with Crippen molar-refractivity contribution in [3.8, 4) is 0 Å². The van der Waals surface area contributed by atoms with Crippen LogP contribution in [-0.2, 0) is 6.54 Å². The van der Waals surface area contributed by atoms with Gasteiger partial charge in [-0.05, 0) is 5.92 Å². The first-order chi connectivity index (χ1) is 9.54. The Labute approximate surface area is 123 Å². The number of nitrogens with one attached hydrogen (secondary N) is 1. The molecule has 0 radical (unpaired) electrons. The number of halogens is 1. The molecule has 1 rings (SSSR count). The molecule has 114 valence electrons. The number of anilines is 1. The summed E-state index contributed by atoms with van der Waals surface area (Å²) in [6.45, 7) is 4.31. The van der Waals surface area contributed by atoms with Crippen LogP contribution in [0.3, 0.4) is 0 Å². The third-order valence-electron chi connectivity index (χ3n) is 3.39. The van der Waals surface area contributed by atoms with Crippen LogP contribution in [0.1, 0.15) is 26.7 Å². The highest BCUT2D eigenvalue weighted by Gasteiger charge is 2.16. The maximum absolute atomic E-state index is 11.8. The van der Waals surface area contributed by atoms with Crippen LogP contribution < -0.4 is 10.9 Å². The summed E-state index contributed by atoms with van der Waals surface area (Å²) < 4.78 is 1.10. The van der Waals surface area contributed by atoms with Crippen LogP contribution in [0.15, 0.2) is 11.0 Å². The Morgan fingerprint density at radius 1 is 1.45 bits per heavy atom. The lowest BCUT2D eigenvalue weighted by molar-refractivity contribution is 0.114. The van der Waals surface area contributed by atoms with Crippen LogP contribution in [-0.4, -0.2) is 39.2 Å². The maximum Gasteiger partial charge on any atom is 0.287 e.